The quantitative estimate of drug-likeness (QED) is 0.227. The van der Waals surface area contributed by atoms with Crippen LogP contribution in [0.2, 0.25) is 0 Å². The van der Waals surface area contributed by atoms with Crippen LogP contribution in [0.25, 0.3) is 0 Å². The Morgan fingerprint density at radius 3 is 2.19 bits per heavy atom. The number of aryl methyl sites for hydroxylation is 1. The molecule has 0 heterocycles. The summed E-state index contributed by atoms with van der Waals surface area (Å²) in [6.07, 6.45) is 16.1. The number of rotatable bonds is 16. The Balaban J connectivity index is 2.63. The second-order valence-corrected chi connectivity index (χ2v) is 8.47. The van der Waals surface area contributed by atoms with Crippen molar-refractivity contribution in [2.75, 3.05) is 0 Å². The summed E-state index contributed by atoms with van der Waals surface area (Å²) in [5, 5.41) is 0. The molecule has 1 unspecified atom stereocenters. The van der Waals surface area contributed by atoms with E-state index in [9.17, 15) is 9.79 Å². The summed E-state index contributed by atoms with van der Waals surface area (Å²) in [5.74, 6) is 1.27. The van der Waals surface area contributed by atoms with E-state index in [1.165, 1.54) is 69.8 Å². The van der Waals surface area contributed by atoms with Crippen molar-refractivity contribution < 1.29 is 14.3 Å². The predicted octanol–water partition coefficient (Wildman–Crippen LogP) is 7.33. The molecule has 0 spiro atoms. The van der Waals surface area contributed by atoms with E-state index in [0.717, 1.165) is 24.8 Å². The largest absolute Gasteiger partial charge is 0.427 e. The van der Waals surface area contributed by atoms with Gasteiger partial charge in [0.05, 0.1) is 0 Å². The number of hydrogen-bond acceptors (Lipinski definition) is 3. The van der Waals surface area contributed by atoms with E-state index in [1.807, 2.05) is 6.07 Å². The third kappa shape index (κ3) is 11.1. The molecule has 156 valence electrons. The topological polar surface area (TPSA) is 49.7 Å². The Labute approximate surface area is 168 Å². The van der Waals surface area contributed by atoms with Crippen LogP contribution in [0.1, 0.15) is 103 Å². The van der Waals surface area contributed by atoms with E-state index >= 15 is 0 Å². The minimum absolute atomic E-state index is 0.629. The summed E-state index contributed by atoms with van der Waals surface area (Å²) >= 11 is 0. The Hall–Kier alpha value is -0.630. The van der Waals surface area contributed by atoms with Gasteiger partial charge in [-0.3, -0.25) is 0 Å². The molecule has 4 heteroatoms. The average molecular weight is 397 g/mol. The van der Waals surface area contributed by atoms with Crippen LogP contribution in [-0.2, 0) is 12.8 Å². The monoisotopic (exact) mass is 396 g/mol. The third-order valence-corrected chi connectivity index (χ3v) is 5.79. The minimum atomic E-state index is -2.36. The van der Waals surface area contributed by atoms with Crippen LogP contribution in [0.5, 0.6) is 5.75 Å². The van der Waals surface area contributed by atoms with Gasteiger partial charge >= 0.3 is 8.60 Å². The lowest BCUT2D eigenvalue weighted by molar-refractivity contribution is 0.370. The highest BCUT2D eigenvalue weighted by Gasteiger charge is 2.14. The van der Waals surface area contributed by atoms with Crippen LogP contribution in [0.15, 0.2) is 18.2 Å². The SMILES string of the molecule is CCCCCCCCCc1ccc(OP(O)O)c(CC(CC)CCCC)c1. The fraction of sp³-hybridized carbons (Fsp3) is 0.739. The minimum Gasteiger partial charge on any atom is -0.427 e. The zero-order valence-electron chi connectivity index (χ0n) is 17.8. The molecule has 0 radical (unpaired) electrons. The average Bonchev–Trinajstić information content (AvgIpc) is 2.65. The molecule has 0 amide bonds. The van der Waals surface area contributed by atoms with Crippen LogP contribution < -0.4 is 4.52 Å². The number of benzene rings is 1. The van der Waals surface area contributed by atoms with E-state index < -0.39 is 8.60 Å². The van der Waals surface area contributed by atoms with E-state index in [1.54, 1.807) is 0 Å². The van der Waals surface area contributed by atoms with E-state index in [4.69, 9.17) is 4.52 Å². The molecule has 0 saturated carbocycles. The molecule has 1 rings (SSSR count). The lowest BCUT2D eigenvalue weighted by atomic mass is 9.90. The van der Waals surface area contributed by atoms with Gasteiger partial charge < -0.3 is 14.3 Å². The number of unbranched alkanes of at least 4 members (excludes halogenated alkanes) is 7. The highest BCUT2D eigenvalue weighted by Crippen LogP contribution is 2.34. The van der Waals surface area contributed by atoms with Crippen LogP contribution >= 0.6 is 8.60 Å². The van der Waals surface area contributed by atoms with Crippen molar-refractivity contribution >= 4 is 8.60 Å². The maximum Gasteiger partial charge on any atom is 0.391 e. The van der Waals surface area contributed by atoms with E-state index in [2.05, 4.69) is 32.9 Å². The molecule has 3 nitrogen and oxygen atoms in total. The first-order chi connectivity index (χ1) is 13.1. The summed E-state index contributed by atoms with van der Waals surface area (Å²) in [7, 11) is -2.36. The summed E-state index contributed by atoms with van der Waals surface area (Å²) in [6, 6.07) is 6.25. The van der Waals surface area contributed by atoms with Crippen LogP contribution in [0, 0.1) is 5.92 Å². The van der Waals surface area contributed by atoms with Gasteiger partial charge in [0.1, 0.15) is 5.75 Å². The molecular formula is C23H41O3P. The van der Waals surface area contributed by atoms with Crippen molar-refractivity contribution in [3.8, 4) is 5.75 Å². The molecule has 1 aromatic rings. The summed E-state index contributed by atoms with van der Waals surface area (Å²) in [4.78, 5) is 18.6. The zero-order chi connectivity index (χ0) is 19.9. The van der Waals surface area contributed by atoms with Gasteiger partial charge in [-0.1, -0.05) is 97.1 Å². The molecule has 27 heavy (non-hydrogen) atoms. The van der Waals surface area contributed by atoms with Gasteiger partial charge in [-0.25, -0.2) is 0 Å². The summed E-state index contributed by atoms with van der Waals surface area (Å²) in [5.41, 5.74) is 2.48. The lowest BCUT2D eigenvalue weighted by Gasteiger charge is -2.18. The van der Waals surface area contributed by atoms with Crippen LogP contribution in [0.4, 0.5) is 0 Å². The Morgan fingerprint density at radius 1 is 0.889 bits per heavy atom. The summed E-state index contributed by atoms with van der Waals surface area (Å²) in [6.45, 7) is 6.73. The Kier molecular flexibility index (Phi) is 13.8. The van der Waals surface area contributed by atoms with Crippen LogP contribution in [0.3, 0.4) is 0 Å². The fourth-order valence-electron chi connectivity index (χ4n) is 3.67. The molecule has 2 N–H and O–H groups in total. The van der Waals surface area contributed by atoms with Gasteiger partial charge in [0.25, 0.3) is 0 Å². The van der Waals surface area contributed by atoms with Gasteiger partial charge in [-0.2, -0.15) is 0 Å². The third-order valence-electron chi connectivity index (χ3n) is 5.43. The Bertz CT molecular complexity index is 491. The zero-order valence-corrected chi connectivity index (χ0v) is 18.6. The van der Waals surface area contributed by atoms with Gasteiger partial charge in [0, 0.05) is 0 Å². The van der Waals surface area contributed by atoms with Gasteiger partial charge in [0.15, 0.2) is 0 Å². The van der Waals surface area contributed by atoms with Crippen molar-refractivity contribution in [1.82, 2.24) is 0 Å². The smallest absolute Gasteiger partial charge is 0.391 e. The molecule has 0 fully saturated rings. The van der Waals surface area contributed by atoms with Crippen molar-refractivity contribution in [3.05, 3.63) is 29.3 Å². The van der Waals surface area contributed by atoms with Gasteiger partial charge in [-0.15, -0.1) is 0 Å². The first-order valence-corrected chi connectivity index (χ1v) is 12.2. The second kappa shape index (κ2) is 15.3. The van der Waals surface area contributed by atoms with Crippen molar-refractivity contribution in [2.45, 2.75) is 104 Å². The van der Waals surface area contributed by atoms with Crippen molar-refractivity contribution in [3.63, 3.8) is 0 Å². The highest BCUT2D eigenvalue weighted by atomic mass is 31.2. The molecule has 1 atom stereocenters. The Morgan fingerprint density at radius 2 is 1.56 bits per heavy atom. The summed E-state index contributed by atoms with van der Waals surface area (Å²) < 4.78 is 5.31. The number of hydrogen-bond donors (Lipinski definition) is 2. The first-order valence-electron chi connectivity index (χ1n) is 11.1. The molecule has 0 aliphatic carbocycles. The predicted molar refractivity (Wildman–Crippen MR) is 117 cm³/mol. The molecule has 1 aromatic carbocycles. The molecule has 0 aromatic heterocycles. The van der Waals surface area contributed by atoms with Gasteiger partial charge in [0.2, 0.25) is 0 Å². The van der Waals surface area contributed by atoms with Crippen molar-refractivity contribution in [1.29, 1.82) is 0 Å². The normalized spacial score (nSPS) is 12.5. The van der Waals surface area contributed by atoms with E-state index in [-0.39, 0.29) is 0 Å². The highest BCUT2D eigenvalue weighted by molar-refractivity contribution is 7.39. The standard InChI is InChI=1S/C23H41O3P/c1-4-7-9-10-11-12-13-15-21-16-17-23(26-27(24)25)22(19-21)18-20(6-3)14-8-5-2/h16-17,19-20,24-25H,4-15,18H2,1-3H3. The van der Waals surface area contributed by atoms with Gasteiger partial charge in [-0.05, 0) is 42.4 Å². The first kappa shape index (κ1) is 24.4. The molecule has 0 saturated heterocycles. The molecule has 0 aliphatic rings. The van der Waals surface area contributed by atoms with E-state index in [0.29, 0.717) is 11.7 Å². The second-order valence-electron chi connectivity index (χ2n) is 7.78. The molecule has 0 bridgehead atoms. The lowest BCUT2D eigenvalue weighted by Crippen LogP contribution is -2.05. The fourth-order valence-corrected chi connectivity index (χ4v) is 4.02. The molecule has 0 aliphatic heterocycles. The molecular weight excluding hydrogens is 355 g/mol. The maximum atomic E-state index is 9.29. The maximum absolute atomic E-state index is 9.29. The van der Waals surface area contributed by atoms with Crippen molar-refractivity contribution in [2.24, 2.45) is 5.92 Å². The van der Waals surface area contributed by atoms with Crippen LogP contribution in [-0.4, -0.2) is 9.79 Å².